The second kappa shape index (κ2) is 9.23. The number of nitrogens with zero attached hydrogens (tertiary/aromatic N) is 1. The van der Waals surface area contributed by atoms with Crippen LogP contribution in [0.25, 0.3) is 11.3 Å². The lowest BCUT2D eigenvalue weighted by Crippen LogP contribution is -2.11. The van der Waals surface area contributed by atoms with Gasteiger partial charge >= 0.3 is 0 Å². The lowest BCUT2D eigenvalue weighted by Gasteiger charge is -2.01. The third kappa shape index (κ3) is 5.25. The third-order valence-corrected chi connectivity index (χ3v) is 6.53. The normalized spacial score (nSPS) is 11.0. The van der Waals surface area contributed by atoms with Crippen molar-refractivity contribution in [1.29, 1.82) is 0 Å². The van der Waals surface area contributed by atoms with Crippen LogP contribution in [-0.4, -0.2) is 10.9 Å². The Morgan fingerprint density at radius 3 is 2.48 bits per heavy atom. The summed E-state index contributed by atoms with van der Waals surface area (Å²) in [5.41, 5.74) is 2.11. The highest BCUT2D eigenvalue weighted by Gasteiger charge is 2.18. The van der Waals surface area contributed by atoms with E-state index in [4.69, 9.17) is 50.8 Å². The Labute approximate surface area is 202 Å². The first kappa shape index (κ1) is 22.2. The molecule has 0 aliphatic carbocycles. The molecule has 0 saturated heterocycles. The van der Waals surface area contributed by atoms with Crippen molar-refractivity contribution in [2.24, 2.45) is 0 Å². The Balaban J connectivity index is 1.49. The maximum absolute atomic E-state index is 12.8. The van der Waals surface area contributed by atoms with Crippen molar-refractivity contribution >= 4 is 68.8 Å². The van der Waals surface area contributed by atoms with Crippen molar-refractivity contribution < 1.29 is 9.21 Å². The summed E-state index contributed by atoms with van der Waals surface area (Å²) in [5, 5.41) is 5.30. The molecule has 0 spiro atoms. The predicted molar refractivity (Wildman–Crippen MR) is 128 cm³/mol. The number of halogens is 4. The molecular weight excluding hydrogens is 498 g/mol. The largest absolute Gasteiger partial charge is 0.461 e. The van der Waals surface area contributed by atoms with Crippen molar-refractivity contribution in [3.8, 4) is 11.3 Å². The summed E-state index contributed by atoms with van der Waals surface area (Å²) in [6.07, 6.45) is 2.36. The Hall–Kier alpha value is -2.02. The van der Waals surface area contributed by atoms with Gasteiger partial charge in [-0.2, -0.15) is 0 Å². The minimum atomic E-state index is -0.309. The van der Waals surface area contributed by atoms with E-state index < -0.39 is 0 Å². The van der Waals surface area contributed by atoms with Crippen LogP contribution in [0.3, 0.4) is 0 Å². The molecular formula is C22H14Cl4N2O2S. The van der Waals surface area contributed by atoms with E-state index in [2.05, 4.69) is 10.3 Å². The van der Waals surface area contributed by atoms with Gasteiger partial charge in [0.1, 0.15) is 11.5 Å². The van der Waals surface area contributed by atoms with E-state index in [1.807, 2.05) is 12.1 Å². The fourth-order valence-electron chi connectivity index (χ4n) is 3.01. The highest BCUT2D eigenvalue weighted by Crippen LogP contribution is 2.31. The van der Waals surface area contributed by atoms with Crippen molar-refractivity contribution in [3.05, 3.63) is 90.5 Å². The van der Waals surface area contributed by atoms with E-state index in [0.29, 0.717) is 54.3 Å². The van der Waals surface area contributed by atoms with E-state index in [0.717, 1.165) is 10.4 Å². The van der Waals surface area contributed by atoms with Crippen LogP contribution in [0.1, 0.15) is 26.6 Å². The molecule has 0 saturated carbocycles. The first-order valence-electron chi connectivity index (χ1n) is 9.05. The summed E-state index contributed by atoms with van der Waals surface area (Å²) in [7, 11) is 0. The number of aryl methyl sites for hydroxylation is 1. The molecule has 1 N–H and O–H groups in total. The average Bonchev–Trinajstić information content (AvgIpc) is 3.30. The number of carbonyl (C=O) groups is 1. The number of anilines is 1. The highest BCUT2D eigenvalue weighted by atomic mass is 35.5. The number of amides is 1. The number of rotatable bonds is 5. The fourth-order valence-corrected chi connectivity index (χ4v) is 4.70. The van der Waals surface area contributed by atoms with Gasteiger partial charge in [0.15, 0.2) is 5.13 Å². The Morgan fingerprint density at radius 2 is 1.77 bits per heavy atom. The minimum absolute atomic E-state index is 0.309. The molecule has 1 amide bonds. The van der Waals surface area contributed by atoms with Crippen LogP contribution >= 0.6 is 57.7 Å². The monoisotopic (exact) mass is 510 g/mol. The van der Waals surface area contributed by atoms with Crippen LogP contribution in [0.4, 0.5) is 5.13 Å². The second-order valence-electron chi connectivity index (χ2n) is 6.75. The van der Waals surface area contributed by atoms with Crippen LogP contribution in [0.5, 0.6) is 0 Å². The average molecular weight is 512 g/mol. The third-order valence-electron chi connectivity index (χ3n) is 4.45. The molecule has 2 aromatic heterocycles. The van der Waals surface area contributed by atoms with Gasteiger partial charge in [0.25, 0.3) is 5.91 Å². The van der Waals surface area contributed by atoms with E-state index in [1.165, 1.54) is 11.3 Å². The molecule has 0 atom stereocenters. The molecule has 0 aliphatic heterocycles. The van der Waals surface area contributed by atoms with E-state index in [9.17, 15) is 4.79 Å². The quantitative estimate of drug-likeness (QED) is 0.294. The maximum Gasteiger partial charge on any atom is 0.261 e. The molecule has 2 heterocycles. The fraction of sp³-hybridized carbons (Fsp3) is 0.0909. The molecule has 0 fully saturated rings. The Kier molecular flexibility index (Phi) is 6.60. The van der Waals surface area contributed by atoms with Crippen LogP contribution in [0, 0.1) is 6.92 Å². The minimum Gasteiger partial charge on any atom is -0.461 e. The standard InChI is InChI=1S/C22H14Cl4N2O2S/c1-11-17(9-20(30-11)13-6-14(23)8-15(24)7-13)21(29)28-22-27-10-16(31-22)4-12-2-3-18(25)19(26)5-12/h2-3,5-10H,4H2,1H3,(H,27,28,29). The van der Waals surface area contributed by atoms with Gasteiger partial charge in [-0.1, -0.05) is 52.5 Å². The Morgan fingerprint density at radius 1 is 1.03 bits per heavy atom. The smallest absolute Gasteiger partial charge is 0.261 e. The number of benzene rings is 2. The molecule has 2 aromatic carbocycles. The number of furan rings is 1. The van der Waals surface area contributed by atoms with Crippen LogP contribution in [-0.2, 0) is 6.42 Å². The number of hydrogen-bond donors (Lipinski definition) is 1. The van der Waals surface area contributed by atoms with Crippen LogP contribution < -0.4 is 5.32 Å². The number of hydrogen-bond acceptors (Lipinski definition) is 4. The summed E-state index contributed by atoms with van der Waals surface area (Å²) in [6.45, 7) is 1.72. The Bertz CT molecular complexity index is 1260. The zero-order chi connectivity index (χ0) is 22.1. The van der Waals surface area contributed by atoms with Crippen molar-refractivity contribution in [2.45, 2.75) is 13.3 Å². The molecule has 0 unspecified atom stereocenters. The van der Waals surface area contributed by atoms with Gasteiger partial charge in [-0.05, 0) is 48.9 Å². The van der Waals surface area contributed by atoms with Gasteiger partial charge in [0.2, 0.25) is 0 Å². The van der Waals surface area contributed by atoms with Gasteiger partial charge in [0, 0.05) is 33.1 Å². The van der Waals surface area contributed by atoms with Gasteiger partial charge in [-0.15, -0.1) is 11.3 Å². The summed E-state index contributed by atoms with van der Waals surface area (Å²) in [6, 6.07) is 12.2. The molecule has 4 rings (SSSR count). The highest BCUT2D eigenvalue weighted by molar-refractivity contribution is 7.15. The van der Waals surface area contributed by atoms with E-state index in [1.54, 1.807) is 43.5 Å². The lowest BCUT2D eigenvalue weighted by molar-refractivity contribution is 0.102. The second-order valence-corrected chi connectivity index (χ2v) is 9.55. The molecule has 158 valence electrons. The number of aromatic nitrogens is 1. The molecule has 31 heavy (non-hydrogen) atoms. The van der Waals surface area contributed by atoms with Gasteiger partial charge in [0.05, 0.1) is 15.6 Å². The topological polar surface area (TPSA) is 55.1 Å². The van der Waals surface area contributed by atoms with Gasteiger partial charge in [-0.25, -0.2) is 4.98 Å². The van der Waals surface area contributed by atoms with Crippen LogP contribution in [0.2, 0.25) is 20.1 Å². The van der Waals surface area contributed by atoms with Crippen molar-refractivity contribution in [3.63, 3.8) is 0 Å². The summed E-state index contributed by atoms with van der Waals surface area (Å²) in [5.74, 6) is 0.679. The van der Waals surface area contributed by atoms with E-state index in [-0.39, 0.29) is 5.91 Å². The number of nitrogens with one attached hydrogen (secondary N) is 1. The number of thiazole rings is 1. The lowest BCUT2D eigenvalue weighted by atomic mass is 10.1. The zero-order valence-electron chi connectivity index (χ0n) is 16.0. The first-order valence-corrected chi connectivity index (χ1v) is 11.4. The van der Waals surface area contributed by atoms with Crippen LogP contribution in [0.15, 0.2) is 53.1 Å². The molecule has 0 aliphatic rings. The maximum atomic E-state index is 12.8. The van der Waals surface area contributed by atoms with Crippen molar-refractivity contribution in [2.75, 3.05) is 5.32 Å². The van der Waals surface area contributed by atoms with Crippen molar-refractivity contribution in [1.82, 2.24) is 4.98 Å². The van der Waals surface area contributed by atoms with Gasteiger partial charge in [-0.3, -0.25) is 10.1 Å². The van der Waals surface area contributed by atoms with E-state index >= 15 is 0 Å². The first-order chi connectivity index (χ1) is 14.8. The summed E-state index contributed by atoms with van der Waals surface area (Å²) in [4.78, 5) is 18.1. The van der Waals surface area contributed by atoms with Gasteiger partial charge < -0.3 is 4.42 Å². The zero-order valence-corrected chi connectivity index (χ0v) is 19.8. The summed E-state index contributed by atoms with van der Waals surface area (Å²) >= 11 is 25.6. The number of carbonyl (C=O) groups excluding carboxylic acids is 1. The predicted octanol–water partition coefficient (Wildman–Crippen LogP) is 8.17. The molecule has 4 aromatic rings. The molecule has 0 radical (unpaired) electrons. The molecule has 9 heteroatoms. The SMILES string of the molecule is Cc1oc(-c2cc(Cl)cc(Cl)c2)cc1C(=O)Nc1ncc(Cc2ccc(Cl)c(Cl)c2)s1. The summed E-state index contributed by atoms with van der Waals surface area (Å²) < 4.78 is 5.76. The molecule has 0 bridgehead atoms. The molecule has 4 nitrogen and oxygen atoms in total.